The molecule has 0 spiro atoms. The van der Waals surface area contributed by atoms with Gasteiger partial charge in [0.2, 0.25) is 11.6 Å². The smallest absolute Gasteiger partial charge is 0.467 e. The number of benzene rings is 1. The number of methoxy groups -OCH3 is 1. The number of alkyl halides is 3. The van der Waals surface area contributed by atoms with Crippen molar-refractivity contribution in [2.24, 2.45) is 9.98 Å². The van der Waals surface area contributed by atoms with Gasteiger partial charge in [0, 0.05) is 12.6 Å². The Balaban J connectivity index is 1.79. The van der Waals surface area contributed by atoms with Crippen LogP contribution in [0.25, 0.3) is 23.1 Å². The highest BCUT2D eigenvalue weighted by atomic mass is 19.4. The zero-order chi connectivity index (χ0) is 23.3. The Kier molecular flexibility index (Phi) is 6.66. The molecular weight excluding hydrogens is 431 g/mol. The van der Waals surface area contributed by atoms with Gasteiger partial charge < -0.3 is 14.0 Å². The molecule has 0 fully saturated rings. The maximum Gasteiger partial charge on any atom is 0.573 e. The Labute approximate surface area is 180 Å². The largest absolute Gasteiger partial charge is 0.573 e. The van der Waals surface area contributed by atoms with Gasteiger partial charge in [0.05, 0.1) is 19.4 Å². The lowest BCUT2D eigenvalue weighted by Gasteiger charge is -2.08. The van der Waals surface area contributed by atoms with Crippen LogP contribution in [-0.2, 0) is 11.3 Å². The average Bonchev–Trinajstić information content (AvgIpc) is 3.37. The molecule has 0 saturated carbocycles. The molecule has 0 aliphatic heterocycles. The molecule has 3 rings (SSSR count). The second-order valence-corrected chi connectivity index (χ2v) is 6.15. The fraction of sp³-hybridized carbons (Fsp3) is 0.263. The fourth-order valence-corrected chi connectivity index (χ4v) is 2.51. The number of ether oxygens (including phenoxy) is 2. The van der Waals surface area contributed by atoms with E-state index in [4.69, 9.17) is 9.26 Å². The molecule has 0 radical (unpaired) electrons. The van der Waals surface area contributed by atoms with Gasteiger partial charge in [-0.1, -0.05) is 11.7 Å². The Morgan fingerprint density at radius 1 is 1.22 bits per heavy atom. The molecule has 3 aromatic rings. The van der Waals surface area contributed by atoms with Gasteiger partial charge in [0.1, 0.15) is 11.6 Å². The van der Waals surface area contributed by atoms with E-state index in [2.05, 4.69) is 41.5 Å². The standard InChI is InChI=1S/C19H18F3N7O3/c1-5-13(25-18(23-3)30-4)10-29-11(2)24-16(27-29)17-26-15(28-32-17)12-6-8-14(9-7-12)31-19(20,21)22/h5-9H,1,10H2,2-4H3/b23-18+,25-13+. The first-order valence-electron chi connectivity index (χ1n) is 9.05. The molecule has 32 heavy (non-hydrogen) atoms. The van der Waals surface area contributed by atoms with Crippen molar-refractivity contribution >= 4 is 11.7 Å². The quantitative estimate of drug-likeness (QED) is 0.418. The number of nitrogens with zero attached hydrogens (tertiary/aromatic N) is 7. The summed E-state index contributed by atoms with van der Waals surface area (Å²) in [5.41, 5.74) is 0.970. The Morgan fingerprint density at radius 2 is 1.94 bits per heavy atom. The topological polar surface area (TPSA) is 113 Å². The van der Waals surface area contributed by atoms with Crippen LogP contribution in [0, 0.1) is 6.92 Å². The molecule has 0 bridgehead atoms. The molecule has 13 heteroatoms. The normalized spacial score (nSPS) is 12.7. The molecule has 1 aromatic carbocycles. The number of aliphatic imine (C=N–C) groups is 2. The van der Waals surface area contributed by atoms with Crippen LogP contribution in [0.1, 0.15) is 5.82 Å². The van der Waals surface area contributed by atoms with Gasteiger partial charge in [0.15, 0.2) is 0 Å². The zero-order valence-corrected chi connectivity index (χ0v) is 17.3. The number of hydrogen-bond acceptors (Lipinski definition) is 8. The third kappa shape index (κ3) is 5.56. The molecule has 0 atom stereocenters. The zero-order valence-electron chi connectivity index (χ0n) is 17.3. The highest BCUT2D eigenvalue weighted by molar-refractivity contribution is 6.01. The van der Waals surface area contributed by atoms with Crippen molar-refractivity contribution in [2.75, 3.05) is 14.2 Å². The van der Waals surface area contributed by atoms with Gasteiger partial charge in [-0.2, -0.15) is 9.98 Å². The van der Waals surface area contributed by atoms with Gasteiger partial charge in [-0.15, -0.1) is 18.3 Å². The first kappa shape index (κ1) is 22.7. The molecule has 0 N–H and O–H groups in total. The van der Waals surface area contributed by atoms with Crippen LogP contribution in [0.2, 0.25) is 0 Å². The lowest BCUT2D eigenvalue weighted by Crippen LogP contribution is -2.16. The summed E-state index contributed by atoms with van der Waals surface area (Å²) in [5.74, 6) is 0.575. The van der Waals surface area contributed by atoms with Crippen LogP contribution in [-0.4, -0.2) is 57.2 Å². The van der Waals surface area contributed by atoms with Crippen molar-refractivity contribution < 1.29 is 27.2 Å². The third-order valence-electron chi connectivity index (χ3n) is 3.98. The SMILES string of the molecule is C=C/C(Cn1nc(-c2nc(-c3ccc(OC(F)(F)F)cc3)no2)nc1C)=N\C(=N/C)OC. The van der Waals surface area contributed by atoms with E-state index in [1.165, 1.54) is 19.2 Å². The summed E-state index contributed by atoms with van der Waals surface area (Å²) in [7, 11) is 3.00. The third-order valence-corrected chi connectivity index (χ3v) is 3.98. The van der Waals surface area contributed by atoms with E-state index in [0.29, 0.717) is 17.1 Å². The van der Waals surface area contributed by atoms with Crippen LogP contribution in [0.15, 0.2) is 51.4 Å². The number of allylic oxidation sites excluding steroid dienone is 1. The fourth-order valence-electron chi connectivity index (χ4n) is 2.51. The van der Waals surface area contributed by atoms with Crippen LogP contribution >= 0.6 is 0 Å². The number of hydrogen-bond donors (Lipinski definition) is 0. The van der Waals surface area contributed by atoms with Crippen molar-refractivity contribution in [3.63, 3.8) is 0 Å². The molecule has 2 heterocycles. The van der Waals surface area contributed by atoms with E-state index in [9.17, 15) is 13.2 Å². The lowest BCUT2D eigenvalue weighted by molar-refractivity contribution is -0.274. The molecule has 2 aromatic heterocycles. The van der Waals surface area contributed by atoms with E-state index >= 15 is 0 Å². The molecule has 168 valence electrons. The highest BCUT2D eigenvalue weighted by Gasteiger charge is 2.31. The summed E-state index contributed by atoms with van der Waals surface area (Å²) < 4.78 is 52.5. The minimum Gasteiger partial charge on any atom is -0.467 e. The molecular formula is C19H18F3N7O3. The monoisotopic (exact) mass is 449 g/mol. The summed E-state index contributed by atoms with van der Waals surface area (Å²) in [6.45, 7) is 5.70. The van der Waals surface area contributed by atoms with E-state index in [-0.39, 0.29) is 35.9 Å². The second-order valence-electron chi connectivity index (χ2n) is 6.15. The van der Waals surface area contributed by atoms with Gasteiger partial charge in [-0.25, -0.2) is 14.7 Å². The van der Waals surface area contributed by atoms with Gasteiger partial charge >= 0.3 is 12.4 Å². The number of amidine groups is 1. The Bertz CT molecular complexity index is 1150. The van der Waals surface area contributed by atoms with Gasteiger partial charge in [0.25, 0.3) is 5.89 Å². The van der Waals surface area contributed by atoms with E-state index in [1.54, 1.807) is 24.7 Å². The first-order chi connectivity index (χ1) is 15.2. The van der Waals surface area contributed by atoms with Crippen molar-refractivity contribution in [3.05, 3.63) is 42.7 Å². The molecule has 10 nitrogen and oxygen atoms in total. The second kappa shape index (κ2) is 9.41. The van der Waals surface area contributed by atoms with Crippen LogP contribution in [0.4, 0.5) is 13.2 Å². The molecule has 0 aliphatic rings. The average molecular weight is 449 g/mol. The van der Waals surface area contributed by atoms with Crippen molar-refractivity contribution in [2.45, 2.75) is 19.8 Å². The Morgan fingerprint density at radius 3 is 2.53 bits per heavy atom. The lowest BCUT2D eigenvalue weighted by atomic mass is 10.2. The van der Waals surface area contributed by atoms with E-state index < -0.39 is 6.36 Å². The minimum atomic E-state index is -4.77. The first-order valence-corrected chi connectivity index (χ1v) is 9.05. The van der Waals surface area contributed by atoms with Crippen LogP contribution in [0.3, 0.4) is 0 Å². The summed E-state index contributed by atoms with van der Waals surface area (Å²) in [6.07, 6.45) is -3.23. The predicted octanol–water partition coefficient (Wildman–Crippen LogP) is 3.46. The summed E-state index contributed by atoms with van der Waals surface area (Å²) in [5, 5.41) is 8.18. The summed E-state index contributed by atoms with van der Waals surface area (Å²) in [6, 6.07) is 5.25. The molecule has 0 amide bonds. The maximum absolute atomic E-state index is 12.3. The van der Waals surface area contributed by atoms with Gasteiger partial charge in [-0.3, -0.25) is 0 Å². The minimum absolute atomic E-state index is 0.0438. The maximum atomic E-state index is 12.3. The van der Waals surface area contributed by atoms with Crippen molar-refractivity contribution in [1.82, 2.24) is 24.9 Å². The summed E-state index contributed by atoms with van der Waals surface area (Å²) >= 11 is 0. The summed E-state index contributed by atoms with van der Waals surface area (Å²) in [4.78, 5) is 16.6. The predicted molar refractivity (Wildman–Crippen MR) is 108 cm³/mol. The number of aromatic nitrogens is 5. The number of aryl methyl sites for hydroxylation is 1. The van der Waals surface area contributed by atoms with Crippen LogP contribution in [0.5, 0.6) is 5.75 Å². The van der Waals surface area contributed by atoms with Gasteiger partial charge in [-0.05, 0) is 37.3 Å². The molecule has 0 aliphatic carbocycles. The van der Waals surface area contributed by atoms with E-state index in [0.717, 1.165) is 12.1 Å². The number of halogens is 3. The Hall–Kier alpha value is -4.03. The number of rotatable bonds is 6. The molecule has 0 saturated heterocycles. The van der Waals surface area contributed by atoms with Crippen LogP contribution < -0.4 is 4.74 Å². The highest BCUT2D eigenvalue weighted by Crippen LogP contribution is 2.26. The van der Waals surface area contributed by atoms with Crippen molar-refractivity contribution in [3.8, 4) is 28.9 Å². The van der Waals surface area contributed by atoms with Crippen molar-refractivity contribution in [1.29, 1.82) is 0 Å². The van der Waals surface area contributed by atoms with E-state index in [1.807, 2.05) is 0 Å². The molecule has 0 unspecified atom stereocenters.